The van der Waals surface area contributed by atoms with Crippen molar-refractivity contribution < 1.29 is 0 Å². The zero-order valence-corrected chi connectivity index (χ0v) is 12.5. The van der Waals surface area contributed by atoms with Crippen LogP contribution in [0.1, 0.15) is 25.3 Å². The van der Waals surface area contributed by atoms with Gasteiger partial charge in [-0.2, -0.15) is 0 Å². The van der Waals surface area contributed by atoms with Gasteiger partial charge in [-0.25, -0.2) is 4.98 Å². The van der Waals surface area contributed by atoms with Crippen molar-refractivity contribution >= 4 is 23.1 Å². The molecule has 20 heavy (non-hydrogen) atoms. The number of aromatic nitrogens is 1. The van der Waals surface area contributed by atoms with Crippen molar-refractivity contribution in [2.24, 2.45) is 5.73 Å². The van der Waals surface area contributed by atoms with Gasteiger partial charge in [-0.05, 0) is 30.2 Å². The third kappa shape index (κ3) is 3.50. The molecule has 3 nitrogen and oxygen atoms in total. The molecule has 0 aliphatic carbocycles. The summed E-state index contributed by atoms with van der Waals surface area (Å²) < 4.78 is 0. The molecule has 0 spiro atoms. The van der Waals surface area contributed by atoms with Gasteiger partial charge in [0, 0.05) is 25.0 Å². The summed E-state index contributed by atoms with van der Waals surface area (Å²) in [6.07, 6.45) is 4.01. The average molecular weight is 290 g/mol. The lowest BCUT2D eigenvalue weighted by Gasteiger charge is -2.25. The first-order valence-corrected chi connectivity index (χ1v) is 7.31. The van der Waals surface area contributed by atoms with Crippen molar-refractivity contribution in [1.82, 2.24) is 4.98 Å². The van der Waals surface area contributed by atoms with E-state index in [1.807, 2.05) is 24.3 Å². The number of halogens is 1. The number of nitrogens with zero attached hydrogens (tertiary/aromatic N) is 2. The summed E-state index contributed by atoms with van der Waals surface area (Å²) in [6.45, 7) is 3.53. The van der Waals surface area contributed by atoms with Gasteiger partial charge in [-0.15, -0.1) is 0 Å². The fraction of sp³-hybridized carbons (Fsp3) is 0.312. The predicted molar refractivity (Wildman–Crippen MR) is 85.5 cm³/mol. The number of pyridine rings is 1. The topological polar surface area (TPSA) is 42.2 Å². The van der Waals surface area contributed by atoms with Gasteiger partial charge in [-0.1, -0.05) is 43.1 Å². The minimum absolute atomic E-state index is 0.452. The highest BCUT2D eigenvalue weighted by Gasteiger charge is 2.14. The maximum absolute atomic E-state index is 6.37. The van der Waals surface area contributed by atoms with E-state index in [-0.39, 0.29) is 0 Å². The van der Waals surface area contributed by atoms with Crippen molar-refractivity contribution in [2.45, 2.75) is 26.3 Å². The monoisotopic (exact) mass is 289 g/mol. The summed E-state index contributed by atoms with van der Waals surface area (Å²) in [7, 11) is 0. The van der Waals surface area contributed by atoms with Crippen molar-refractivity contribution in [3.05, 3.63) is 53.2 Å². The van der Waals surface area contributed by atoms with Gasteiger partial charge in [0.05, 0.1) is 5.02 Å². The predicted octanol–water partition coefficient (Wildman–Crippen LogP) is 4.13. The van der Waals surface area contributed by atoms with Crippen LogP contribution < -0.4 is 10.6 Å². The van der Waals surface area contributed by atoms with Crippen LogP contribution in [0.2, 0.25) is 5.02 Å². The van der Waals surface area contributed by atoms with Crippen LogP contribution in [0.5, 0.6) is 0 Å². The first-order valence-electron chi connectivity index (χ1n) is 6.93. The Hall–Kier alpha value is -1.58. The molecule has 0 radical (unpaired) electrons. The van der Waals surface area contributed by atoms with Gasteiger partial charge in [0.2, 0.25) is 0 Å². The minimum Gasteiger partial charge on any atom is -0.326 e. The van der Waals surface area contributed by atoms with E-state index in [0.717, 1.165) is 36.5 Å². The summed E-state index contributed by atoms with van der Waals surface area (Å²) in [6, 6.07) is 12.1. The molecule has 0 aliphatic rings. The third-order valence-corrected chi connectivity index (χ3v) is 3.45. The number of hydrogen-bond acceptors (Lipinski definition) is 3. The molecule has 1 aromatic heterocycles. The molecule has 0 unspecified atom stereocenters. The molecular weight excluding hydrogens is 270 g/mol. The smallest absolute Gasteiger partial charge is 0.151 e. The molecule has 2 aromatic rings. The highest BCUT2D eigenvalue weighted by Crippen LogP contribution is 2.30. The maximum atomic E-state index is 6.37. The molecule has 1 aromatic carbocycles. The van der Waals surface area contributed by atoms with E-state index >= 15 is 0 Å². The molecule has 0 fully saturated rings. The van der Waals surface area contributed by atoms with Gasteiger partial charge >= 0.3 is 0 Å². The Morgan fingerprint density at radius 3 is 2.60 bits per heavy atom. The number of para-hydroxylation sites is 1. The maximum Gasteiger partial charge on any atom is 0.151 e. The zero-order valence-electron chi connectivity index (χ0n) is 11.7. The van der Waals surface area contributed by atoms with Gasteiger partial charge in [-0.3, -0.25) is 0 Å². The van der Waals surface area contributed by atoms with Gasteiger partial charge in [0.1, 0.15) is 0 Å². The van der Waals surface area contributed by atoms with Gasteiger partial charge in [0.25, 0.3) is 0 Å². The van der Waals surface area contributed by atoms with E-state index in [2.05, 4.69) is 28.9 Å². The van der Waals surface area contributed by atoms with E-state index in [4.69, 9.17) is 17.3 Å². The van der Waals surface area contributed by atoms with Crippen LogP contribution in [0.4, 0.5) is 11.5 Å². The first kappa shape index (κ1) is 14.8. The zero-order chi connectivity index (χ0) is 14.4. The molecule has 1 heterocycles. The molecule has 106 valence electrons. The number of nitrogens with two attached hydrogens (primary N) is 1. The second kappa shape index (κ2) is 7.27. The van der Waals surface area contributed by atoms with Crippen LogP contribution in [-0.2, 0) is 6.54 Å². The van der Waals surface area contributed by atoms with E-state index in [0.29, 0.717) is 11.6 Å². The number of anilines is 2. The second-order valence-corrected chi connectivity index (χ2v) is 5.10. The number of hydrogen-bond donors (Lipinski definition) is 1. The molecule has 4 heteroatoms. The molecule has 0 atom stereocenters. The van der Waals surface area contributed by atoms with Gasteiger partial charge in [0.15, 0.2) is 5.82 Å². The quantitative estimate of drug-likeness (QED) is 0.869. The highest BCUT2D eigenvalue weighted by molar-refractivity contribution is 6.33. The Morgan fingerprint density at radius 2 is 2.00 bits per heavy atom. The van der Waals surface area contributed by atoms with Crippen molar-refractivity contribution in [2.75, 3.05) is 11.4 Å². The van der Waals surface area contributed by atoms with Crippen molar-refractivity contribution in [3.63, 3.8) is 0 Å². The summed E-state index contributed by atoms with van der Waals surface area (Å²) in [4.78, 5) is 6.65. The van der Waals surface area contributed by atoms with E-state index in [1.165, 1.54) is 0 Å². The molecule has 0 amide bonds. The van der Waals surface area contributed by atoms with Crippen LogP contribution in [0.25, 0.3) is 0 Å². The van der Waals surface area contributed by atoms with Crippen LogP contribution in [0, 0.1) is 0 Å². The molecular formula is C16H20ClN3. The van der Waals surface area contributed by atoms with E-state index < -0.39 is 0 Å². The Bertz CT molecular complexity index is 543. The second-order valence-electron chi connectivity index (χ2n) is 4.69. The number of rotatable bonds is 6. The van der Waals surface area contributed by atoms with Crippen molar-refractivity contribution in [1.29, 1.82) is 0 Å². The average Bonchev–Trinajstić information content (AvgIpc) is 2.50. The SMILES string of the molecule is CCCCN(c1ccccc1)c1ncc(CN)cc1Cl. The van der Waals surface area contributed by atoms with Crippen LogP contribution in [0.3, 0.4) is 0 Å². The first-order chi connectivity index (χ1) is 9.76. The molecule has 2 rings (SSSR count). The lowest BCUT2D eigenvalue weighted by Crippen LogP contribution is -2.20. The third-order valence-electron chi connectivity index (χ3n) is 3.17. The van der Waals surface area contributed by atoms with Crippen molar-refractivity contribution in [3.8, 4) is 0 Å². The Morgan fingerprint density at radius 1 is 1.25 bits per heavy atom. The van der Waals surface area contributed by atoms with Crippen LogP contribution in [0.15, 0.2) is 42.6 Å². The summed E-state index contributed by atoms with van der Waals surface area (Å²) in [5.74, 6) is 0.795. The lowest BCUT2D eigenvalue weighted by molar-refractivity contribution is 0.779. The van der Waals surface area contributed by atoms with Crippen LogP contribution in [-0.4, -0.2) is 11.5 Å². The summed E-state index contributed by atoms with van der Waals surface area (Å²) >= 11 is 6.37. The largest absolute Gasteiger partial charge is 0.326 e. The Labute approximate surface area is 125 Å². The molecule has 0 aliphatic heterocycles. The number of benzene rings is 1. The van der Waals surface area contributed by atoms with Crippen LogP contribution >= 0.6 is 11.6 Å². The number of unbranched alkanes of at least 4 members (excludes halogenated alkanes) is 1. The Kier molecular flexibility index (Phi) is 5.39. The summed E-state index contributed by atoms with van der Waals surface area (Å²) in [5.41, 5.74) is 7.68. The lowest BCUT2D eigenvalue weighted by atomic mass is 10.2. The molecule has 0 saturated carbocycles. The standard InChI is InChI=1S/C16H20ClN3/c1-2-3-9-20(14-7-5-4-6-8-14)16-15(17)10-13(11-18)12-19-16/h4-8,10,12H,2-3,9,11,18H2,1H3. The summed E-state index contributed by atoms with van der Waals surface area (Å²) in [5, 5.41) is 0.646. The highest BCUT2D eigenvalue weighted by atomic mass is 35.5. The van der Waals surface area contributed by atoms with Gasteiger partial charge < -0.3 is 10.6 Å². The molecule has 0 bridgehead atoms. The fourth-order valence-corrected chi connectivity index (χ4v) is 2.35. The minimum atomic E-state index is 0.452. The van der Waals surface area contributed by atoms with E-state index in [9.17, 15) is 0 Å². The van der Waals surface area contributed by atoms with E-state index in [1.54, 1.807) is 6.20 Å². The Balaban J connectivity index is 2.36. The normalized spacial score (nSPS) is 10.6. The fourth-order valence-electron chi connectivity index (χ4n) is 2.06. The molecule has 0 saturated heterocycles. The molecule has 2 N–H and O–H groups in total.